The number of Topliss-reactive ketones (excluding diaryl/α,β-unsaturated/α-hetero) is 1. The van der Waals surface area contributed by atoms with Gasteiger partial charge in [-0.3, -0.25) is 4.79 Å². The Bertz CT molecular complexity index is 785. The Morgan fingerprint density at radius 1 is 1.29 bits per heavy atom. The Hall–Kier alpha value is -2.21. The Labute approximate surface area is 126 Å². The number of carbonyl (C=O) groups excluding carboxylic acids is 1. The molecular weight excluding hydrogens is 284 g/mol. The van der Waals surface area contributed by atoms with Crippen molar-refractivity contribution in [2.45, 2.75) is 24.1 Å². The number of nitrogens with zero attached hydrogens (tertiary/aromatic N) is 4. The Balaban J connectivity index is 1.88. The van der Waals surface area contributed by atoms with E-state index in [-0.39, 0.29) is 11.0 Å². The molecule has 1 unspecified atom stereocenters. The van der Waals surface area contributed by atoms with E-state index in [4.69, 9.17) is 0 Å². The van der Waals surface area contributed by atoms with Crippen molar-refractivity contribution in [1.29, 1.82) is 0 Å². The summed E-state index contributed by atoms with van der Waals surface area (Å²) in [5.41, 5.74) is 1.58. The van der Waals surface area contributed by atoms with Gasteiger partial charge in [0.25, 0.3) is 5.78 Å². The van der Waals surface area contributed by atoms with Gasteiger partial charge in [0, 0.05) is 11.3 Å². The summed E-state index contributed by atoms with van der Waals surface area (Å²) in [6.45, 7) is 3.81. The maximum atomic E-state index is 12.4. The first-order valence-electron chi connectivity index (χ1n) is 6.58. The van der Waals surface area contributed by atoms with Crippen LogP contribution in [0.1, 0.15) is 23.0 Å². The normalized spacial score (nSPS) is 12.5. The minimum absolute atomic E-state index is 0.100. The van der Waals surface area contributed by atoms with E-state index >= 15 is 0 Å². The summed E-state index contributed by atoms with van der Waals surface area (Å²) in [6, 6.07) is 11.2. The smallest absolute Gasteiger partial charge is 0.253 e. The van der Waals surface area contributed by atoms with Crippen LogP contribution in [0.3, 0.4) is 0 Å². The van der Waals surface area contributed by atoms with Gasteiger partial charge < -0.3 is 0 Å². The van der Waals surface area contributed by atoms with E-state index < -0.39 is 0 Å². The molecule has 0 fully saturated rings. The molecule has 0 radical (unpaired) electrons. The first-order chi connectivity index (χ1) is 10.1. The number of ketones is 1. The maximum absolute atomic E-state index is 12.4. The number of thioether (sulfide) groups is 1. The van der Waals surface area contributed by atoms with Crippen LogP contribution in [-0.4, -0.2) is 30.6 Å². The lowest BCUT2D eigenvalue weighted by Gasteiger charge is -2.11. The first kappa shape index (κ1) is 13.8. The quantitative estimate of drug-likeness (QED) is 0.421. The number of benzene rings is 1. The average Bonchev–Trinajstić information content (AvgIpc) is 2.95. The number of carbonyl (C=O) groups is 1. The van der Waals surface area contributed by atoms with Crippen molar-refractivity contribution >= 4 is 23.3 Å². The van der Waals surface area contributed by atoms with Gasteiger partial charge in [-0.1, -0.05) is 42.1 Å². The summed E-state index contributed by atoms with van der Waals surface area (Å²) in [5.74, 6) is 0.653. The molecule has 0 aliphatic carbocycles. The molecule has 0 N–H and O–H groups in total. The highest BCUT2D eigenvalue weighted by molar-refractivity contribution is 8.00. The summed E-state index contributed by atoms with van der Waals surface area (Å²) in [6.07, 6.45) is 1.47. The molecule has 3 aromatic rings. The van der Waals surface area contributed by atoms with Crippen LogP contribution in [0.5, 0.6) is 0 Å². The van der Waals surface area contributed by atoms with E-state index in [9.17, 15) is 4.79 Å². The van der Waals surface area contributed by atoms with Crippen LogP contribution in [0.4, 0.5) is 0 Å². The second-order valence-corrected chi connectivity index (χ2v) is 6.06. The number of fused-ring (bicyclic) bond motifs is 1. The van der Waals surface area contributed by atoms with Gasteiger partial charge >= 0.3 is 0 Å². The van der Waals surface area contributed by atoms with E-state index in [1.54, 1.807) is 4.52 Å². The molecule has 6 heteroatoms. The SMILES string of the molecule is Cc1cc(SC(C)C(=O)c2ccccc2)n2ncnc2n1. The van der Waals surface area contributed by atoms with Gasteiger partial charge in [-0.15, -0.1) is 0 Å². The fourth-order valence-corrected chi connectivity index (χ4v) is 3.13. The van der Waals surface area contributed by atoms with Crippen molar-refractivity contribution in [3.05, 3.63) is 54.0 Å². The second-order valence-electron chi connectivity index (χ2n) is 4.70. The maximum Gasteiger partial charge on any atom is 0.253 e. The fourth-order valence-electron chi connectivity index (χ4n) is 2.05. The van der Waals surface area contributed by atoms with Crippen LogP contribution in [0.25, 0.3) is 5.78 Å². The highest BCUT2D eigenvalue weighted by atomic mass is 32.2. The van der Waals surface area contributed by atoms with Crippen molar-refractivity contribution in [3.63, 3.8) is 0 Å². The van der Waals surface area contributed by atoms with Crippen LogP contribution in [-0.2, 0) is 0 Å². The lowest BCUT2D eigenvalue weighted by molar-refractivity contribution is 0.0994. The number of aryl methyl sites for hydroxylation is 1. The summed E-state index contributed by atoms with van der Waals surface area (Å²) in [4.78, 5) is 20.8. The Morgan fingerprint density at radius 3 is 2.81 bits per heavy atom. The zero-order valence-electron chi connectivity index (χ0n) is 11.7. The van der Waals surface area contributed by atoms with Crippen molar-refractivity contribution in [2.75, 3.05) is 0 Å². The molecule has 3 rings (SSSR count). The fraction of sp³-hybridized carbons (Fsp3) is 0.200. The highest BCUT2D eigenvalue weighted by Crippen LogP contribution is 2.26. The molecule has 0 bridgehead atoms. The van der Waals surface area contributed by atoms with E-state index in [2.05, 4.69) is 15.1 Å². The lowest BCUT2D eigenvalue weighted by Crippen LogP contribution is -2.14. The van der Waals surface area contributed by atoms with Crippen LogP contribution in [0.2, 0.25) is 0 Å². The van der Waals surface area contributed by atoms with Gasteiger partial charge in [0.1, 0.15) is 11.4 Å². The van der Waals surface area contributed by atoms with Gasteiger partial charge in [0.05, 0.1) is 5.25 Å². The zero-order chi connectivity index (χ0) is 14.8. The molecule has 2 heterocycles. The molecule has 0 aliphatic rings. The second kappa shape index (κ2) is 5.65. The number of hydrogen-bond acceptors (Lipinski definition) is 5. The average molecular weight is 298 g/mol. The van der Waals surface area contributed by atoms with Crippen LogP contribution < -0.4 is 0 Å². The van der Waals surface area contributed by atoms with E-state index in [1.807, 2.05) is 50.2 Å². The molecule has 0 aliphatic heterocycles. The predicted octanol–water partition coefficient (Wildman–Crippen LogP) is 2.80. The number of hydrogen-bond donors (Lipinski definition) is 0. The Kier molecular flexibility index (Phi) is 3.70. The summed E-state index contributed by atoms with van der Waals surface area (Å²) >= 11 is 1.47. The van der Waals surface area contributed by atoms with Gasteiger partial charge in [-0.05, 0) is 19.9 Å². The van der Waals surface area contributed by atoms with E-state index in [1.165, 1.54) is 18.1 Å². The minimum atomic E-state index is -0.207. The molecule has 21 heavy (non-hydrogen) atoms. The highest BCUT2D eigenvalue weighted by Gasteiger charge is 2.18. The summed E-state index contributed by atoms with van der Waals surface area (Å²) < 4.78 is 1.66. The molecule has 1 aromatic carbocycles. The third-order valence-corrected chi connectivity index (χ3v) is 4.17. The predicted molar refractivity (Wildman–Crippen MR) is 81.6 cm³/mol. The molecule has 1 atom stereocenters. The van der Waals surface area contributed by atoms with Crippen molar-refractivity contribution in [3.8, 4) is 0 Å². The van der Waals surface area contributed by atoms with Crippen LogP contribution in [0.15, 0.2) is 47.8 Å². The monoisotopic (exact) mass is 298 g/mol. The van der Waals surface area contributed by atoms with Crippen molar-refractivity contribution < 1.29 is 4.79 Å². The molecule has 106 valence electrons. The van der Waals surface area contributed by atoms with Crippen molar-refractivity contribution in [1.82, 2.24) is 19.6 Å². The topological polar surface area (TPSA) is 60.2 Å². The molecule has 0 saturated carbocycles. The van der Waals surface area contributed by atoms with Crippen LogP contribution >= 0.6 is 11.8 Å². The molecule has 0 spiro atoms. The largest absolute Gasteiger partial charge is 0.293 e. The van der Waals surface area contributed by atoms with E-state index in [0.29, 0.717) is 5.78 Å². The first-order valence-corrected chi connectivity index (χ1v) is 7.46. The number of aromatic nitrogens is 4. The third-order valence-electron chi connectivity index (χ3n) is 3.07. The molecule has 5 nitrogen and oxygen atoms in total. The lowest BCUT2D eigenvalue weighted by atomic mass is 10.1. The van der Waals surface area contributed by atoms with Crippen molar-refractivity contribution in [2.24, 2.45) is 0 Å². The zero-order valence-corrected chi connectivity index (χ0v) is 12.5. The minimum Gasteiger partial charge on any atom is -0.293 e. The van der Waals surface area contributed by atoms with Gasteiger partial charge in [0.2, 0.25) is 0 Å². The molecule has 0 saturated heterocycles. The summed E-state index contributed by atoms with van der Waals surface area (Å²) in [7, 11) is 0. The Morgan fingerprint density at radius 2 is 2.05 bits per heavy atom. The molecular formula is C15H14N4OS. The standard InChI is InChI=1S/C15H14N4OS/c1-10-8-13(19-15(18-10)16-9-17-19)21-11(2)14(20)12-6-4-3-5-7-12/h3-9,11H,1-2H3. The van der Waals surface area contributed by atoms with Gasteiger partial charge in [-0.25, -0.2) is 4.98 Å². The molecule has 0 amide bonds. The van der Waals surface area contributed by atoms with E-state index in [0.717, 1.165) is 16.3 Å². The third kappa shape index (κ3) is 2.80. The van der Waals surface area contributed by atoms with Gasteiger partial charge in [-0.2, -0.15) is 14.6 Å². The summed E-state index contributed by atoms with van der Waals surface area (Å²) in [5, 5.41) is 4.82. The van der Waals surface area contributed by atoms with Crippen LogP contribution in [0, 0.1) is 6.92 Å². The molecule has 2 aromatic heterocycles. The number of rotatable bonds is 4. The van der Waals surface area contributed by atoms with Gasteiger partial charge in [0.15, 0.2) is 5.78 Å².